The quantitative estimate of drug-likeness (QED) is 0.702. The van der Waals surface area contributed by atoms with Crippen LogP contribution in [0, 0.1) is 12.7 Å². The summed E-state index contributed by atoms with van der Waals surface area (Å²) in [6, 6.07) is 15.9. The van der Waals surface area contributed by atoms with Gasteiger partial charge in [0.1, 0.15) is 5.82 Å². The minimum atomic E-state index is -0.106. The van der Waals surface area contributed by atoms with E-state index in [-0.39, 0.29) is 5.82 Å². The molecule has 4 nitrogen and oxygen atoms in total. The van der Waals surface area contributed by atoms with Gasteiger partial charge >= 0.3 is 0 Å². The lowest BCUT2D eigenvalue weighted by atomic mass is 10.0. The van der Waals surface area contributed by atoms with Gasteiger partial charge in [-0.1, -0.05) is 24.3 Å². The van der Waals surface area contributed by atoms with E-state index >= 15 is 0 Å². The molecule has 1 N–H and O–H groups in total. The van der Waals surface area contributed by atoms with Gasteiger partial charge in [0.2, 0.25) is 0 Å². The third-order valence-corrected chi connectivity index (χ3v) is 5.53. The summed E-state index contributed by atoms with van der Waals surface area (Å²) in [5.41, 5.74) is 4.44. The van der Waals surface area contributed by atoms with Crippen molar-refractivity contribution >= 4 is 0 Å². The molecule has 0 unspecified atom stereocenters. The molecule has 2 heterocycles. The minimum absolute atomic E-state index is 0.106. The first kappa shape index (κ1) is 18.8. The molecule has 3 aromatic rings. The summed E-state index contributed by atoms with van der Waals surface area (Å²) in [7, 11) is 0. The Kier molecular flexibility index (Phi) is 5.84. The Morgan fingerprint density at radius 1 is 1.14 bits per heavy atom. The minimum Gasteiger partial charge on any atom is -0.309 e. The van der Waals surface area contributed by atoms with Crippen LogP contribution in [0.1, 0.15) is 29.5 Å². The van der Waals surface area contributed by atoms with Crippen LogP contribution in [0.5, 0.6) is 0 Å². The number of nitrogens with one attached hydrogen (secondary N) is 1. The molecular formula is C23H27FN4. The number of hydrogen-bond donors (Lipinski definition) is 1. The average molecular weight is 378 g/mol. The number of hydrogen-bond acceptors (Lipinski definition) is 3. The monoisotopic (exact) mass is 378 g/mol. The number of aromatic nitrogens is 2. The topological polar surface area (TPSA) is 33.1 Å². The maximum Gasteiger partial charge on any atom is 0.127 e. The molecule has 28 heavy (non-hydrogen) atoms. The van der Waals surface area contributed by atoms with E-state index in [1.165, 1.54) is 11.1 Å². The smallest absolute Gasteiger partial charge is 0.127 e. The normalized spacial score (nSPS) is 17.7. The Bertz CT molecular complexity index is 907. The average Bonchev–Trinajstić information content (AvgIpc) is 3.24. The molecule has 0 bridgehead atoms. The van der Waals surface area contributed by atoms with Crippen molar-refractivity contribution in [1.82, 2.24) is 20.0 Å². The highest BCUT2D eigenvalue weighted by molar-refractivity contribution is 5.39. The molecule has 2 aromatic carbocycles. The van der Waals surface area contributed by atoms with Gasteiger partial charge in [-0.05, 0) is 61.7 Å². The summed E-state index contributed by atoms with van der Waals surface area (Å²) < 4.78 is 15.8. The van der Waals surface area contributed by atoms with Crippen molar-refractivity contribution in [2.75, 3.05) is 13.1 Å². The van der Waals surface area contributed by atoms with Gasteiger partial charge in [-0.3, -0.25) is 4.90 Å². The van der Waals surface area contributed by atoms with Crippen molar-refractivity contribution in [3.63, 3.8) is 0 Å². The van der Waals surface area contributed by atoms with E-state index in [0.717, 1.165) is 43.7 Å². The van der Waals surface area contributed by atoms with Gasteiger partial charge in [0, 0.05) is 43.6 Å². The van der Waals surface area contributed by atoms with E-state index in [2.05, 4.69) is 40.4 Å². The van der Waals surface area contributed by atoms with Crippen LogP contribution in [0.4, 0.5) is 4.39 Å². The molecule has 146 valence electrons. The van der Waals surface area contributed by atoms with Gasteiger partial charge in [0.15, 0.2) is 0 Å². The van der Waals surface area contributed by atoms with Gasteiger partial charge < -0.3 is 5.32 Å². The number of aryl methyl sites for hydroxylation is 1. The predicted octanol–water partition coefficient (Wildman–Crippen LogP) is 4.07. The second kappa shape index (κ2) is 8.67. The Morgan fingerprint density at radius 2 is 2.04 bits per heavy atom. The SMILES string of the molecule is Cc1cc(-n2cccn2)ccc1CN[C@@H]1CCCN(Cc2ccccc2F)C1. The van der Waals surface area contributed by atoms with Gasteiger partial charge in [-0.15, -0.1) is 0 Å². The number of benzene rings is 2. The van der Waals surface area contributed by atoms with Crippen molar-refractivity contribution in [2.45, 2.75) is 38.9 Å². The molecule has 1 aliphatic heterocycles. The highest BCUT2D eigenvalue weighted by atomic mass is 19.1. The summed E-state index contributed by atoms with van der Waals surface area (Å²) >= 11 is 0. The number of likely N-dealkylation sites (tertiary alicyclic amines) is 1. The Hall–Kier alpha value is -2.50. The zero-order valence-corrected chi connectivity index (χ0v) is 16.3. The summed E-state index contributed by atoms with van der Waals surface area (Å²) in [4.78, 5) is 2.35. The standard InChI is InChI=1S/C23H27FN4/c1-18-14-22(28-13-5-11-26-28)10-9-19(18)15-25-21-7-4-12-27(17-21)16-20-6-2-3-8-23(20)24/h2-3,5-6,8-11,13-14,21,25H,4,7,12,15-17H2,1H3/t21-/m1/s1. The molecule has 1 fully saturated rings. The van der Waals surface area contributed by atoms with Crippen molar-refractivity contribution in [2.24, 2.45) is 0 Å². The highest BCUT2D eigenvalue weighted by Crippen LogP contribution is 2.18. The van der Waals surface area contributed by atoms with E-state index in [4.69, 9.17) is 0 Å². The van der Waals surface area contributed by atoms with Gasteiger partial charge in [0.25, 0.3) is 0 Å². The fourth-order valence-electron chi connectivity index (χ4n) is 3.93. The molecular weight excluding hydrogens is 351 g/mol. The Balaban J connectivity index is 1.34. The lowest BCUT2D eigenvalue weighted by Gasteiger charge is -2.33. The maximum absolute atomic E-state index is 13.9. The zero-order valence-electron chi connectivity index (χ0n) is 16.3. The molecule has 5 heteroatoms. The van der Waals surface area contributed by atoms with E-state index in [0.29, 0.717) is 12.6 Å². The molecule has 1 aliphatic rings. The first-order valence-electron chi connectivity index (χ1n) is 9.98. The third kappa shape index (κ3) is 4.49. The molecule has 0 amide bonds. The van der Waals surface area contributed by atoms with Crippen molar-refractivity contribution in [1.29, 1.82) is 0 Å². The molecule has 0 saturated carbocycles. The van der Waals surface area contributed by atoms with E-state index < -0.39 is 0 Å². The number of halogens is 1. The van der Waals surface area contributed by atoms with Gasteiger partial charge in [0.05, 0.1) is 5.69 Å². The molecule has 1 atom stereocenters. The van der Waals surface area contributed by atoms with E-state index in [9.17, 15) is 4.39 Å². The predicted molar refractivity (Wildman–Crippen MR) is 110 cm³/mol. The van der Waals surface area contributed by atoms with Crippen molar-refractivity contribution in [3.8, 4) is 5.69 Å². The van der Waals surface area contributed by atoms with Crippen LogP contribution in [0.3, 0.4) is 0 Å². The van der Waals surface area contributed by atoms with E-state index in [1.54, 1.807) is 18.3 Å². The summed E-state index contributed by atoms with van der Waals surface area (Å²) in [6.45, 7) is 5.67. The largest absolute Gasteiger partial charge is 0.309 e. The van der Waals surface area contributed by atoms with Crippen LogP contribution < -0.4 is 5.32 Å². The summed E-state index contributed by atoms with van der Waals surface area (Å²) in [6.07, 6.45) is 6.06. The Labute approximate surface area is 166 Å². The zero-order chi connectivity index (χ0) is 19.3. The maximum atomic E-state index is 13.9. The highest BCUT2D eigenvalue weighted by Gasteiger charge is 2.20. The summed E-state index contributed by atoms with van der Waals surface area (Å²) in [5.74, 6) is -0.106. The fraction of sp³-hybridized carbons (Fsp3) is 0.348. The second-order valence-electron chi connectivity index (χ2n) is 7.61. The van der Waals surface area contributed by atoms with Crippen LogP contribution in [-0.4, -0.2) is 33.8 Å². The molecule has 0 radical (unpaired) electrons. The van der Waals surface area contributed by atoms with Crippen LogP contribution in [-0.2, 0) is 13.1 Å². The van der Waals surface area contributed by atoms with Gasteiger partial charge in [-0.25, -0.2) is 9.07 Å². The molecule has 1 saturated heterocycles. The van der Waals surface area contributed by atoms with Crippen LogP contribution in [0.25, 0.3) is 5.69 Å². The van der Waals surface area contributed by atoms with Gasteiger partial charge in [-0.2, -0.15) is 5.10 Å². The number of piperidine rings is 1. The molecule has 0 spiro atoms. The second-order valence-corrected chi connectivity index (χ2v) is 7.61. The lowest BCUT2D eigenvalue weighted by Crippen LogP contribution is -2.45. The van der Waals surface area contributed by atoms with Crippen LogP contribution in [0.2, 0.25) is 0 Å². The van der Waals surface area contributed by atoms with Crippen LogP contribution >= 0.6 is 0 Å². The van der Waals surface area contributed by atoms with Crippen LogP contribution in [0.15, 0.2) is 60.9 Å². The fourth-order valence-corrected chi connectivity index (χ4v) is 3.93. The van der Waals surface area contributed by atoms with E-state index in [1.807, 2.05) is 29.1 Å². The first-order valence-corrected chi connectivity index (χ1v) is 9.98. The first-order chi connectivity index (χ1) is 13.7. The molecule has 1 aromatic heterocycles. The van der Waals surface area contributed by atoms with Crippen molar-refractivity contribution < 1.29 is 4.39 Å². The summed E-state index contributed by atoms with van der Waals surface area (Å²) in [5, 5.41) is 8.00. The number of nitrogens with zero attached hydrogens (tertiary/aromatic N) is 3. The molecule has 0 aliphatic carbocycles. The lowest BCUT2D eigenvalue weighted by molar-refractivity contribution is 0.181. The molecule has 4 rings (SSSR count). The third-order valence-electron chi connectivity index (χ3n) is 5.53. The number of rotatable bonds is 6. The van der Waals surface area contributed by atoms with Crippen molar-refractivity contribution in [3.05, 3.63) is 83.4 Å². The Morgan fingerprint density at radius 3 is 2.82 bits per heavy atom.